The fraction of sp³-hybridized carbons (Fsp3) is 0.938. The van der Waals surface area contributed by atoms with Crippen LogP contribution in [-0.4, -0.2) is 74.2 Å². The summed E-state index contributed by atoms with van der Waals surface area (Å²) in [5, 5.41) is 3.40. The minimum atomic E-state index is -0.129. The van der Waals surface area contributed by atoms with Gasteiger partial charge in [0.1, 0.15) is 6.04 Å². The lowest BCUT2D eigenvalue weighted by Crippen LogP contribution is -2.49. The van der Waals surface area contributed by atoms with Crippen molar-refractivity contribution < 1.29 is 9.53 Å². The summed E-state index contributed by atoms with van der Waals surface area (Å²) in [7, 11) is 1.48. The molecule has 2 aliphatic rings. The zero-order valence-corrected chi connectivity index (χ0v) is 13.8. The van der Waals surface area contributed by atoms with Gasteiger partial charge in [-0.05, 0) is 25.2 Å². The molecule has 122 valence electrons. The lowest BCUT2D eigenvalue weighted by molar-refractivity contribution is -0.143. The molecule has 0 spiro atoms. The molecule has 21 heavy (non-hydrogen) atoms. The zero-order chi connectivity index (χ0) is 15.2. The van der Waals surface area contributed by atoms with Crippen LogP contribution in [0.3, 0.4) is 0 Å². The molecule has 1 aliphatic carbocycles. The average Bonchev–Trinajstić information content (AvgIpc) is 3.27. The number of hydrogen-bond acceptors (Lipinski definition) is 5. The van der Waals surface area contributed by atoms with E-state index in [1.807, 2.05) is 0 Å². The number of methoxy groups -OCH3 is 1. The molecule has 5 heteroatoms. The molecule has 2 fully saturated rings. The maximum Gasteiger partial charge on any atom is 0.322 e. The molecule has 0 aromatic rings. The molecule has 1 heterocycles. The van der Waals surface area contributed by atoms with E-state index < -0.39 is 0 Å². The van der Waals surface area contributed by atoms with Crippen LogP contribution in [-0.2, 0) is 9.53 Å². The van der Waals surface area contributed by atoms with Crippen molar-refractivity contribution in [1.82, 2.24) is 15.1 Å². The summed E-state index contributed by atoms with van der Waals surface area (Å²) in [6.45, 7) is 11.3. The Morgan fingerprint density at radius 3 is 2.33 bits per heavy atom. The minimum Gasteiger partial charge on any atom is -0.468 e. The van der Waals surface area contributed by atoms with Gasteiger partial charge in [-0.15, -0.1) is 0 Å². The molecule has 2 rings (SSSR count). The van der Waals surface area contributed by atoms with E-state index in [1.165, 1.54) is 26.5 Å². The molecule has 1 unspecified atom stereocenters. The Hall–Kier alpha value is -0.650. The first-order valence-electron chi connectivity index (χ1n) is 8.37. The van der Waals surface area contributed by atoms with E-state index in [0.29, 0.717) is 6.04 Å². The number of esters is 1. The van der Waals surface area contributed by atoms with E-state index in [9.17, 15) is 4.79 Å². The lowest BCUT2D eigenvalue weighted by atomic mass is 10.1. The van der Waals surface area contributed by atoms with Crippen LogP contribution in [0.5, 0.6) is 0 Å². The normalized spacial score (nSPS) is 22.5. The summed E-state index contributed by atoms with van der Waals surface area (Å²) in [6, 6.07) is 0.410. The van der Waals surface area contributed by atoms with E-state index in [-0.39, 0.29) is 12.0 Å². The van der Waals surface area contributed by atoms with Gasteiger partial charge in [-0.1, -0.05) is 13.8 Å². The standard InChI is InChI=1S/C16H31N3O2/c1-13(2)12-19-10-8-18(9-11-19)7-6-15(16(20)21-3)17-14-4-5-14/h13-15,17H,4-12H2,1-3H3. The minimum absolute atomic E-state index is 0.111. The second-order valence-corrected chi connectivity index (χ2v) is 6.84. The van der Waals surface area contributed by atoms with Gasteiger partial charge in [0.15, 0.2) is 0 Å². The monoisotopic (exact) mass is 297 g/mol. The number of rotatable bonds is 8. The third kappa shape index (κ3) is 5.93. The quantitative estimate of drug-likeness (QED) is 0.676. The molecule has 0 radical (unpaired) electrons. The van der Waals surface area contributed by atoms with Gasteiger partial charge in [-0.2, -0.15) is 0 Å². The molecule has 1 aliphatic heterocycles. The Kier molecular flexibility index (Phi) is 6.45. The number of carbonyl (C=O) groups excluding carboxylic acids is 1. The van der Waals surface area contributed by atoms with E-state index >= 15 is 0 Å². The Labute approximate surface area is 129 Å². The Morgan fingerprint density at radius 2 is 1.81 bits per heavy atom. The summed E-state index contributed by atoms with van der Waals surface area (Å²) in [6.07, 6.45) is 3.25. The molecular formula is C16H31N3O2. The number of nitrogens with zero attached hydrogens (tertiary/aromatic N) is 2. The third-order valence-electron chi connectivity index (χ3n) is 4.32. The maximum absolute atomic E-state index is 11.8. The predicted molar refractivity (Wildman–Crippen MR) is 84.3 cm³/mol. The van der Waals surface area contributed by atoms with Crippen LogP contribution in [0.1, 0.15) is 33.1 Å². The second kappa shape index (κ2) is 8.11. The molecule has 0 amide bonds. The van der Waals surface area contributed by atoms with Crippen LogP contribution in [0, 0.1) is 5.92 Å². The highest BCUT2D eigenvalue weighted by Gasteiger charge is 2.29. The van der Waals surface area contributed by atoms with Crippen molar-refractivity contribution in [1.29, 1.82) is 0 Å². The van der Waals surface area contributed by atoms with Crippen LogP contribution in [0.25, 0.3) is 0 Å². The number of nitrogens with one attached hydrogen (secondary N) is 1. The molecule has 1 atom stereocenters. The van der Waals surface area contributed by atoms with E-state index in [1.54, 1.807) is 0 Å². The molecule has 0 aromatic carbocycles. The van der Waals surface area contributed by atoms with Crippen molar-refractivity contribution in [3.63, 3.8) is 0 Å². The summed E-state index contributed by atoms with van der Waals surface area (Å²) in [5.41, 5.74) is 0. The SMILES string of the molecule is COC(=O)C(CCN1CCN(CC(C)C)CC1)NC1CC1. The van der Waals surface area contributed by atoms with Gasteiger partial charge in [0, 0.05) is 45.3 Å². The topological polar surface area (TPSA) is 44.8 Å². The highest BCUT2D eigenvalue weighted by Crippen LogP contribution is 2.20. The van der Waals surface area contributed by atoms with Crippen LogP contribution in [0.15, 0.2) is 0 Å². The van der Waals surface area contributed by atoms with Crippen LogP contribution in [0.4, 0.5) is 0 Å². The van der Waals surface area contributed by atoms with E-state index in [2.05, 4.69) is 29.0 Å². The number of carbonyl (C=O) groups is 1. The zero-order valence-electron chi connectivity index (χ0n) is 13.8. The number of piperazine rings is 1. The van der Waals surface area contributed by atoms with E-state index in [4.69, 9.17) is 4.74 Å². The number of hydrogen-bond donors (Lipinski definition) is 1. The van der Waals surface area contributed by atoms with Gasteiger partial charge in [0.25, 0.3) is 0 Å². The maximum atomic E-state index is 11.8. The van der Waals surface area contributed by atoms with E-state index in [0.717, 1.165) is 45.1 Å². The first-order valence-corrected chi connectivity index (χ1v) is 8.37. The van der Waals surface area contributed by atoms with Crippen molar-refractivity contribution >= 4 is 5.97 Å². The lowest BCUT2D eigenvalue weighted by Gasteiger charge is -2.36. The summed E-state index contributed by atoms with van der Waals surface area (Å²) >= 11 is 0. The summed E-state index contributed by atoms with van der Waals surface area (Å²) in [4.78, 5) is 16.8. The fourth-order valence-corrected chi connectivity index (χ4v) is 2.97. The highest BCUT2D eigenvalue weighted by molar-refractivity contribution is 5.75. The average molecular weight is 297 g/mol. The van der Waals surface area contributed by atoms with Gasteiger partial charge in [-0.3, -0.25) is 4.79 Å². The smallest absolute Gasteiger partial charge is 0.322 e. The fourth-order valence-electron chi connectivity index (χ4n) is 2.97. The molecule has 0 aromatic heterocycles. The Morgan fingerprint density at radius 1 is 1.19 bits per heavy atom. The molecule has 1 saturated heterocycles. The summed E-state index contributed by atoms with van der Waals surface area (Å²) < 4.78 is 4.91. The van der Waals surface area contributed by atoms with Crippen molar-refractivity contribution in [2.24, 2.45) is 5.92 Å². The highest BCUT2D eigenvalue weighted by atomic mass is 16.5. The summed E-state index contributed by atoms with van der Waals surface area (Å²) in [5.74, 6) is 0.628. The molecule has 5 nitrogen and oxygen atoms in total. The first-order chi connectivity index (χ1) is 10.1. The van der Waals surface area contributed by atoms with Crippen molar-refractivity contribution in [3.05, 3.63) is 0 Å². The van der Waals surface area contributed by atoms with Crippen LogP contribution >= 0.6 is 0 Å². The molecule has 1 N–H and O–H groups in total. The van der Waals surface area contributed by atoms with Gasteiger partial charge in [0.05, 0.1) is 7.11 Å². The molecule has 1 saturated carbocycles. The third-order valence-corrected chi connectivity index (χ3v) is 4.32. The van der Waals surface area contributed by atoms with Crippen LogP contribution < -0.4 is 5.32 Å². The second-order valence-electron chi connectivity index (χ2n) is 6.84. The van der Waals surface area contributed by atoms with Gasteiger partial charge >= 0.3 is 5.97 Å². The van der Waals surface area contributed by atoms with Crippen molar-refractivity contribution in [2.45, 2.75) is 45.2 Å². The largest absolute Gasteiger partial charge is 0.468 e. The predicted octanol–water partition coefficient (Wildman–Crippen LogP) is 0.944. The Bertz CT molecular complexity index is 323. The molecular weight excluding hydrogens is 266 g/mol. The number of ether oxygens (including phenoxy) is 1. The van der Waals surface area contributed by atoms with Gasteiger partial charge in [-0.25, -0.2) is 0 Å². The van der Waals surface area contributed by atoms with Gasteiger partial charge < -0.3 is 19.9 Å². The van der Waals surface area contributed by atoms with Crippen molar-refractivity contribution in [2.75, 3.05) is 46.4 Å². The Balaban J connectivity index is 1.68. The van der Waals surface area contributed by atoms with Crippen LogP contribution in [0.2, 0.25) is 0 Å². The first kappa shape index (κ1) is 16.7. The van der Waals surface area contributed by atoms with Gasteiger partial charge in [0.2, 0.25) is 0 Å². The molecule has 0 bridgehead atoms. The van der Waals surface area contributed by atoms with Crippen molar-refractivity contribution in [3.8, 4) is 0 Å².